The second-order valence-corrected chi connectivity index (χ2v) is 5.14. The molecule has 2 heterocycles. The minimum Gasteiger partial charge on any atom is -0.469 e. The Hall–Kier alpha value is -0.840. The minimum absolute atomic E-state index is 0.0619. The van der Waals surface area contributed by atoms with Gasteiger partial charge >= 0.3 is 0 Å². The molecule has 0 aromatic carbocycles. The van der Waals surface area contributed by atoms with Crippen molar-refractivity contribution < 1.29 is 9.15 Å². The summed E-state index contributed by atoms with van der Waals surface area (Å²) in [5, 5.41) is 3.23. The number of ether oxygens (including phenoxy) is 1. The van der Waals surface area contributed by atoms with Crippen molar-refractivity contribution in [2.45, 2.75) is 26.0 Å². The first-order valence-corrected chi connectivity index (χ1v) is 6.15. The van der Waals surface area contributed by atoms with Crippen LogP contribution >= 0.6 is 0 Å². The summed E-state index contributed by atoms with van der Waals surface area (Å²) in [5.74, 6) is 1.01. The van der Waals surface area contributed by atoms with E-state index in [0.717, 1.165) is 38.5 Å². The van der Waals surface area contributed by atoms with Gasteiger partial charge in [0, 0.05) is 31.7 Å². The lowest BCUT2D eigenvalue weighted by atomic mass is 10.0. The molecule has 1 saturated heterocycles. The second kappa shape index (κ2) is 5.21. The Bertz CT molecular complexity index is 358. The van der Waals surface area contributed by atoms with E-state index in [1.54, 1.807) is 6.26 Å². The number of furan rings is 1. The molecule has 0 bridgehead atoms. The number of hydrogen-bond acceptors (Lipinski definition) is 4. The average molecular weight is 238 g/mol. The first kappa shape index (κ1) is 12.6. The Morgan fingerprint density at radius 2 is 2.29 bits per heavy atom. The highest BCUT2D eigenvalue weighted by atomic mass is 16.5. The largest absolute Gasteiger partial charge is 0.469 e. The molecule has 1 aromatic rings. The zero-order valence-corrected chi connectivity index (χ0v) is 11.0. The minimum atomic E-state index is 0.0619. The summed E-state index contributed by atoms with van der Waals surface area (Å²) in [7, 11) is 2.11. The van der Waals surface area contributed by atoms with Crippen LogP contribution in [0.3, 0.4) is 0 Å². The van der Waals surface area contributed by atoms with Crippen molar-refractivity contribution in [1.29, 1.82) is 0 Å². The van der Waals surface area contributed by atoms with Gasteiger partial charge in [0.1, 0.15) is 5.76 Å². The smallest absolute Gasteiger partial charge is 0.105 e. The number of nitrogens with zero attached hydrogens (tertiary/aromatic N) is 1. The molecule has 1 fully saturated rings. The highest BCUT2D eigenvalue weighted by molar-refractivity contribution is 5.14. The SMILES string of the molecule is Cc1occc1CN(C)CCOC1(C)CNC1. The molecule has 0 saturated carbocycles. The van der Waals surface area contributed by atoms with Gasteiger partial charge in [0.15, 0.2) is 0 Å². The van der Waals surface area contributed by atoms with Crippen LogP contribution in [0.5, 0.6) is 0 Å². The van der Waals surface area contributed by atoms with E-state index in [1.807, 2.05) is 13.0 Å². The number of likely N-dealkylation sites (N-methyl/N-ethyl adjacent to an activating group) is 1. The van der Waals surface area contributed by atoms with E-state index in [4.69, 9.17) is 9.15 Å². The third-order valence-corrected chi connectivity index (χ3v) is 3.33. The fourth-order valence-electron chi connectivity index (χ4n) is 1.97. The highest BCUT2D eigenvalue weighted by Crippen LogP contribution is 2.15. The summed E-state index contributed by atoms with van der Waals surface area (Å²) in [6.07, 6.45) is 1.75. The maximum Gasteiger partial charge on any atom is 0.105 e. The van der Waals surface area contributed by atoms with Crippen LogP contribution in [0, 0.1) is 6.92 Å². The van der Waals surface area contributed by atoms with Gasteiger partial charge in [0.05, 0.1) is 18.5 Å². The molecule has 96 valence electrons. The molecule has 1 aliphatic heterocycles. The van der Waals surface area contributed by atoms with Gasteiger partial charge in [-0.1, -0.05) is 0 Å². The van der Waals surface area contributed by atoms with E-state index in [0.29, 0.717) is 0 Å². The standard InChI is InChI=1S/C13H22N2O2/c1-11-12(4-6-16-11)8-15(3)5-7-17-13(2)9-14-10-13/h4,6,14H,5,7-10H2,1-3H3. The van der Waals surface area contributed by atoms with Gasteiger partial charge in [0.25, 0.3) is 0 Å². The first-order valence-electron chi connectivity index (χ1n) is 6.15. The molecule has 0 aliphatic carbocycles. The Morgan fingerprint density at radius 1 is 1.53 bits per heavy atom. The summed E-state index contributed by atoms with van der Waals surface area (Å²) >= 11 is 0. The lowest BCUT2D eigenvalue weighted by Crippen LogP contribution is -2.59. The van der Waals surface area contributed by atoms with Gasteiger partial charge in [-0.25, -0.2) is 0 Å². The third-order valence-electron chi connectivity index (χ3n) is 3.33. The van der Waals surface area contributed by atoms with Crippen LogP contribution in [0.2, 0.25) is 0 Å². The lowest BCUT2D eigenvalue weighted by Gasteiger charge is -2.39. The van der Waals surface area contributed by atoms with Gasteiger partial charge in [-0.15, -0.1) is 0 Å². The Labute approximate surface area is 103 Å². The van der Waals surface area contributed by atoms with Crippen LogP contribution in [0.15, 0.2) is 16.7 Å². The maximum atomic E-state index is 5.86. The van der Waals surface area contributed by atoms with Crippen LogP contribution in [-0.4, -0.2) is 43.8 Å². The average Bonchev–Trinajstić information content (AvgIpc) is 2.62. The molecule has 1 N–H and O–H groups in total. The van der Waals surface area contributed by atoms with Crippen molar-refractivity contribution in [2.75, 3.05) is 33.3 Å². The van der Waals surface area contributed by atoms with E-state index in [2.05, 4.69) is 24.2 Å². The Morgan fingerprint density at radius 3 is 2.82 bits per heavy atom. The summed E-state index contributed by atoms with van der Waals surface area (Å²) in [5.41, 5.74) is 1.32. The number of hydrogen-bond donors (Lipinski definition) is 1. The third kappa shape index (κ3) is 3.31. The highest BCUT2D eigenvalue weighted by Gasteiger charge is 2.32. The predicted molar refractivity (Wildman–Crippen MR) is 67.0 cm³/mol. The van der Waals surface area contributed by atoms with Crippen molar-refractivity contribution >= 4 is 0 Å². The summed E-state index contributed by atoms with van der Waals surface area (Å²) in [4.78, 5) is 2.26. The fraction of sp³-hybridized carbons (Fsp3) is 0.692. The molecule has 0 atom stereocenters. The van der Waals surface area contributed by atoms with Crippen molar-refractivity contribution in [3.63, 3.8) is 0 Å². The van der Waals surface area contributed by atoms with Gasteiger partial charge in [-0.3, -0.25) is 4.90 Å². The molecule has 0 unspecified atom stereocenters. The monoisotopic (exact) mass is 238 g/mol. The predicted octanol–water partition coefficient (Wildman–Crippen LogP) is 1.40. The second-order valence-electron chi connectivity index (χ2n) is 5.14. The molecular formula is C13H22N2O2. The molecular weight excluding hydrogens is 216 g/mol. The maximum absolute atomic E-state index is 5.86. The normalized spacial score (nSPS) is 18.4. The van der Waals surface area contributed by atoms with Crippen LogP contribution in [0.1, 0.15) is 18.2 Å². The molecule has 17 heavy (non-hydrogen) atoms. The number of rotatable bonds is 6. The summed E-state index contributed by atoms with van der Waals surface area (Å²) < 4.78 is 11.1. The van der Waals surface area contributed by atoms with E-state index in [1.165, 1.54) is 5.56 Å². The quantitative estimate of drug-likeness (QED) is 0.813. The molecule has 1 aromatic heterocycles. The molecule has 4 nitrogen and oxygen atoms in total. The van der Waals surface area contributed by atoms with Crippen LogP contribution in [0.4, 0.5) is 0 Å². The first-order chi connectivity index (χ1) is 8.09. The van der Waals surface area contributed by atoms with E-state index < -0.39 is 0 Å². The summed E-state index contributed by atoms with van der Waals surface area (Å²) in [6, 6.07) is 2.03. The molecule has 0 spiro atoms. The molecule has 0 amide bonds. The van der Waals surface area contributed by atoms with E-state index >= 15 is 0 Å². The van der Waals surface area contributed by atoms with Crippen LogP contribution in [-0.2, 0) is 11.3 Å². The zero-order valence-electron chi connectivity index (χ0n) is 11.0. The van der Waals surface area contributed by atoms with Crippen LogP contribution < -0.4 is 5.32 Å². The number of nitrogens with one attached hydrogen (secondary N) is 1. The lowest BCUT2D eigenvalue weighted by molar-refractivity contribution is -0.0712. The topological polar surface area (TPSA) is 37.6 Å². The van der Waals surface area contributed by atoms with Gasteiger partial charge in [-0.05, 0) is 27.0 Å². The van der Waals surface area contributed by atoms with Gasteiger partial charge in [-0.2, -0.15) is 0 Å². The zero-order chi connectivity index (χ0) is 12.3. The Balaban J connectivity index is 1.67. The summed E-state index contributed by atoms with van der Waals surface area (Å²) in [6.45, 7) is 8.74. The molecule has 2 rings (SSSR count). The Kier molecular flexibility index (Phi) is 3.86. The van der Waals surface area contributed by atoms with E-state index in [9.17, 15) is 0 Å². The molecule has 1 aliphatic rings. The molecule has 0 radical (unpaired) electrons. The van der Waals surface area contributed by atoms with Crippen molar-refractivity contribution in [2.24, 2.45) is 0 Å². The van der Waals surface area contributed by atoms with Crippen molar-refractivity contribution in [3.8, 4) is 0 Å². The fourth-order valence-corrected chi connectivity index (χ4v) is 1.97. The molecule has 4 heteroatoms. The van der Waals surface area contributed by atoms with Gasteiger partial charge in [0.2, 0.25) is 0 Å². The van der Waals surface area contributed by atoms with Crippen molar-refractivity contribution in [3.05, 3.63) is 23.7 Å². The van der Waals surface area contributed by atoms with Gasteiger partial charge < -0.3 is 14.5 Å². The van der Waals surface area contributed by atoms with Crippen LogP contribution in [0.25, 0.3) is 0 Å². The van der Waals surface area contributed by atoms with E-state index in [-0.39, 0.29) is 5.60 Å². The van der Waals surface area contributed by atoms with Crippen molar-refractivity contribution in [1.82, 2.24) is 10.2 Å². The number of aryl methyl sites for hydroxylation is 1.